The third-order valence-electron chi connectivity index (χ3n) is 1.18. The molecular formula is C8H14O3. The van der Waals surface area contributed by atoms with Crippen molar-refractivity contribution >= 4 is 11.6 Å². The van der Waals surface area contributed by atoms with Crippen molar-refractivity contribution in [3.05, 3.63) is 0 Å². The molecule has 0 bridgehead atoms. The van der Waals surface area contributed by atoms with Crippen LogP contribution in [0.15, 0.2) is 0 Å². The lowest BCUT2D eigenvalue weighted by Crippen LogP contribution is -2.08. The van der Waals surface area contributed by atoms with Crippen LogP contribution in [0.3, 0.4) is 0 Å². The van der Waals surface area contributed by atoms with Gasteiger partial charge in [-0.2, -0.15) is 0 Å². The van der Waals surface area contributed by atoms with Crippen molar-refractivity contribution in [1.82, 2.24) is 0 Å². The van der Waals surface area contributed by atoms with Crippen molar-refractivity contribution in [2.24, 2.45) is 0 Å². The second-order valence-electron chi connectivity index (χ2n) is 2.23. The van der Waals surface area contributed by atoms with Gasteiger partial charge in [-0.15, -0.1) is 0 Å². The van der Waals surface area contributed by atoms with Crippen molar-refractivity contribution in [2.45, 2.75) is 26.7 Å². The lowest BCUT2D eigenvalue weighted by molar-refractivity contribution is -0.124. The van der Waals surface area contributed by atoms with E-state index in [1.54, 1.807) is 6.92 Å². The van der Waals surface area contributed by atoms with E-state index in [0.717, 1.165) is 0 Å². The molecule has 0 saturated heterocycles. The van der Waals surface area contributed by atoms with Crippen molar-refractivity contribution in [3.8, 4) is 0 Å². The maximum Gasteiger partial charge on any atom is 0.155 e. The second kappa shape index (κ2) is 6.04. The Labute approximate surface area is 68.1 Å². The molecule has 0 unspecified atom stereocenters. The maximum atomic E-state index is 10.7. The van der Waals surface area contributed by atoms with Crippen LogP contribution in [0.25, 0.3) is 0 Å². The third kappa shape index (κ3) is 7.19. The number of hydrogen-bond acceptors (Lipinski definition) is 3. The van der Waals surface area contributed by atoms with Crippen LogP contribution in [0.1, 0.15) is 28.0 Å². The Hall–Kier alpha value is -0.700. The molecule has 3 heteroatoms. The third-order valence-corrected chi connectivity index (χ3v) is 1.18. The molecule has 0 amide bonds. The molecule has 0 saturated carbocycles. The first kappa shape index (κ1) is 8.40. The summed E-state index contributed by atoms with van der Waals surface area (Å²) in [5, 5.41) is 0. The standard InChI is InChI=1S/C8H14O3/c1-3-8(10)4-5-11-6-7(2)9/h3-6H2,1-2H3/i2T. The first-order valence-electron chi connectivity index (χ1n) is 4.31. The minimum absolute atomic E-state index is 0.0412. The van der Waals surface area contributed by atoms with Crippen LogP contribution < -0.4 is 0 Å². The summed E-state index contributed by atoms with van der Waals surface area (Å²) in [6.45, 7) is 1.79. The first-order chi connectivity index (χ1) is 5.70. The highest BCUT2D eigenvalue weighted by atomic mass is 16.5. The molecule has 0 rings (SSSR count). The Kier molecular flexibility index (Phi) is 4.61. The molecule has 0 atom stereocenters. The molecule has 64 valence electrons. The van der Waals surface area contributed by atoms with Gasteiger partial charge in [0.15, 0.2) is 5.78 Å². The zero-order valence-electron chi connectivity index (χ0n) is 7.76. The topological polar surface area (TPSA) is 43.4 Å². The van der Waals surface area contributed by atoms with Gasteiger partial charge in [0, 0.05) is 14.2 Å². The number of ketones is 2. The van der Waals surface area contributed by atoms with Gasteiger partial charge < -0.3 is 4.74 Å². The SMILES string of the molecule is [3H]CC(=O)COCCC(=O)CC. The number of rotatable bonds is 6. The second-order valence-corrected chi connectivity index (χ2v) is 2.23. The molecule has 0 radical (unpaired) electrons. The molecule has 0 heterocycles. The van der Waals surface area contributed by atoms with E-state index < -0.39 is 0 Å². The van der Waals surface area contributed by atoms with E-state index in [2.05, 4.69) is 0 Å². The maximum absolute atomic E-state index is 10.7. The Bertz CT molecular complexity index is 138. The van der Waals surface area contributed by atoms with Gasteiger partial charge >= 0.3 is 0 Å². The fourth-order valence-electron chi connectivity index (χ4n) is 0.549. The van der Waals surface area contributed by atoms with E-state index in [1.807, 2.05) is 0 Å². The van der Waals surface area contributed by atoms with E-state index in [-0.39, 0.29) is 25.1 Å². The summed E-state index contributed by atoms with van der Waals surface area (Å²) in [4.78, 5) is 21.3. The summed E-state index contributed by atoms with van der Waals surface area (Å²) in [5.41, 5.74) is 0. The van der Waals surface area contributed by atoms with Crippen LogP contribution in [0.5, 0.6) is 0 Å². The lowest BCUT2D eigenvalue weighted by Gasteiger charge is -1.98. The molecule has 0 fully saturated rings. The Balaban J connectivity index is 3.21. The number of carbonyl (C=O) groups excluding carboxylic acids is 2. The predicted octanol–water partition coefficient (Wildman–Crippen LogP) is 0.961. The molecule has 11 heavy (non-hydrogen) atoms. The number of hydrogen-bond donors (Lipinski definition) is 0. The van der Waals surface area contributed by atoms with E-state index in [0.29, 0.717) is 19.4 Å². The molecular weight excluding hydrogens is 144 g/mol. The van der Waals surface area contributed by atoms with E-state index in [9.17, 15) is 9.59 Å². The molecule has 0 aromatic heterocycles. The molecule has 0 aliphatic rings. The molecule has 0 aromatic rings. The Morgan fingerprint density at radius 2 is 2.27 bits per heavy atom. The quantitative estimate of drug-likeness (QED) is 0.543. The highest BCUT2D eigenvalue weighted by Gasteiger charge is 1.98. The van der Waals surface area contributed by atoms with Crippen molar-refractivity contribution in [1.29, 1.82) is 0 Å². The van der Waals surface area contributed by atoms with Crippen LogP contribution in [0.2, 0.25) is 0 Å². The highest BCUT2D eigenvalue weighted by Crippen LogP contribution is 1.89. The summed E-state index contributed by atoms with van der Waals surface area (Å²) < 4.78 is 11.5. The van der Waals surface area contributed by atoms with Crippen molar-refractivity contribution in [2.75, 3.05) is 13.2 Å². The normalized spacial score (nSPS) is 10.8. The number of Topliss-reactive ketones (excluding diaryl/α,β-unsaturated/α-hetero) is 2. The van der Waals surface area contributed by atoms with Gasteiger partial charge in [-0.05, 0) is 6.90 Å². The summed E-state index contributed by atoms with van der Waals surface area (Å²) in [6.07, 6.45) is 0.873. The number of ether oxygens (including phenoxy) is 1. The van der Waals surface area contributed by atoms with Gasteiger partial charge in [0.1, 0.15) is 12.4 Å². The zero-order valence-corrected chi connectivity index (χ0v) is 6.76. The average molecular weight is 160 g/mol. The minimum atomic E-state index is -0.251. The highest BCUT2D eigenvalue weighted by molar-refractivity contribution is 5.78. The van der Waals surface area contributed by atoms with Gasteiger partial charge in [-0.25, -0.2) is 0 Å². The smallest absolute Gasteiger partial charge is 0.155 e. The number of carbonyl (C=O) groups is 2. The lowest BCUT2D eigenvalue weighted by atomic mass is 10.2. The molecule has 3 nitrogen and oxygen atoms in total. The molecule has 0 N–H and O–H groups in total. The van der Waals surface area contributed by atoms with Gasteiger partial charge in [0.25, 0.3) is 0 Å². The largest absolute Gasteiger partial charge is 0.373 e. The van der Waals surface area contributed by atoms with E-state index >= 15 is 0 Å². The molecule has 0 aliphatic heterocycles. The summed E-state index contributed by atoms with van der Waals surface area (Å²) in [7, 11) is 0. The Morgan fingerprint density at radius 1 is 1.55 bits per heavy atom. The van der Waals surface area contributed by atoms with Crippen LogP contribution in [-0.2, 0) is 14.3 Å². The fraction of sp³-hybridized carbons (Fsp3) is 0.750. The molecule has 0 aromatic carbocycles. The molecule has 0 aliphatic carbocycles. The van der Waals surface area contributed by atoms with Gasteiger partial charge in [0.2, 0.25) is 0 Å². The minimum Gasteiger partial charge on any atom is -0.373 e. The van der Waals surface area contributed by atoms with Crippen molar-refractivity contribution < 1.29 is 15.7 Å². The van der Waals surface area contributed by atoms with Gasteiger partial charge in [-0.1, -0.05) is 6.92 Å². The predicted molar refractivity (Wildman–Crippen MR) is 41.4 cm³/mol. The summed E-state index contributed by atoms with van der Waals surface area (Å²) in [6, 6.07) is 0. The Morgan fingerprint density at radius 3 is 2.82 bits per heavy atom. The summed E-state index contributed by atoms with van der Waals surface area (Å²) >= 11 is 0. The van der Waals surface area contributed by atoms with Crippen LogP contribution in [-0.4, -0.2) is 24.8 Å². The zero-order chi connectivity index (χ0) is 9.40. The van der Waals surface area contributed by atoms with Gasteiger partial charge in [-0.3, -0.25) is 9.59 Å². The van der Waals surface area contributed by atoms with E-state index in [4.69, 9.17) is 6.11 Å². The van der Waals surface area contributed by atoms with Crippen molar-refractivity contribution in [3.63, 3.8) is 0 Å². The summed E-state index contributed by atoms with van der Waals surface area (Å²) in [5.74, 6) is -0.118. The van der Waals surface area contributed by atoms with Gasteiger partial charge in [0.05, 0.1) is 6.61 Å². The van der Waals surface area contributed by atoms with Crippen LogP contribution in [0, 0.1) is 0 Å². The fourth-order valence-corrected chi connectivity index (χ4v) is 0.549. The van der Waals surface area contributed by atoms with E-state index in [1.165, 1.54) is 0 Å². The molecule has 0 spiro atoms. The monoisotopic (exact) mass is 160 g/mol. The van der Waals surface area contributed by atoms with Crippen LogP contribution in [0.4, 0.5) is 0 Å². The first-order valence-corrected chi connectivity index (χ1v) is 3.61. The average Bonchev–Trinajstić information content (AvgIpc) is 2.11. The van der Waals surface area contributed by atoms with Crippen LogP contribution >= 0.6 is 0 Å².